The maximum absolute atomic E-state index is 12.0. The first-order valence-electron chi connectivity index (χ1n) is 11.1. The molecule has 0 aliphatic carbocycles. The Bertz CT molecular complexity index is 1390. The minimum Gasteiger partial charge on any atom is -0.492 e. The lowest BCUT2D eigenvalue weighted by atomic mass is 10.1. The first kappa shape index (κ1) is 21.6. The summed E-state index contributed by atoms with van der Waals surface area (Å²) >= 11 is 0. The minimum atomic E-state index is -3.30. The Kier molecular flexibility index (Phi) is 5.86. The van der Waals surface area contributed by atoms with Gasteiger partial charge in [0.2, 0.25) is 0 Å². The second-order valence-corrected chi connectivity index (χ2v) is 10.4. The van der Waals surface area contributed by atoms with Crippen LogP contribution in [0.25, 0.3) is 28.2 Å². The third kappa shape index (κ3) is 4.77. The second-order valence-electron chi connectivity index (χ2n) is 8.35. The number of likely N-dealkylation sites (tertiary alicyclic amines) is 1. The molecule has 8 heteroatoms. The SMILES string of the molecule is CS(=O)(=O)c1cccc(-c2cccn3nc(-c4cccc(OCCN5CCCC5)c4)nc23)c1. The van der Waals surface area contributed by atoms with Crippen molar-refractivity contribution in [2.24, 2.45) is 0 Å². The molecule has 0 saturated carbocycles. The van der Waals surface area contributed by atoms with Gasteiger partial charge in [-0.15, -0.1) is 5.10 Å². The van der Waals surface area contributed by atoms with E-state index >= 15 is 0 Å². The van der Waals surface area contributed by atoms with E-state index in [1.165, 1.54) is 19.1 Å². The van der Waals surface area contributed by atoms with Crippen LogP contribution in [0.15, 0.2) is 71.8 Å². The van der Waals surface area contributed by atoms with Gasteiger partial charge in [-0.2, -0.15) is 0 Å². The Morgan fingerprint density at radius 3 is 2.58 bits per heavy atom. The van der Waals surface area contributed by atoms with E-state index in [4.69, 9.17) is 9.72 Å². The molecule has 5 rings (SSSR count). The quantitative estimate of drug-likeness (QED) is 0.414. The largest absolute Gasteiger partial charge is 0.492 e. The maximum atomic E-state index is 12.0. The van der Waals surface area contributed by atoms with Crippen LogP contribution in [-0.2, 0) is 9.84 Å². The molecule has 0 amide bonds. The number of aromatic nitrogens is 3. The Morgan fingerprint density at radius 1 is 0.970 bits per heavy atom. The molecule has 0 bridgehead atoms. The van der Waals surface area contributed by atoms with E-state index in [9.17, 15) is 8.42 Å². The average Bonchev–Trinajstić information content (AvgIpc) is 3.48. The van der Waals surface area contributed by atoms with Gasteiger partial charge in [0.25, 0.3) is 0 Å². The summed E-state index contributed by atoms with van der Waals surface area (Å²) in [4.78, 5) is 7.48. The number of hydrogen-bond acceptors (Lipinski definition) is 6. The van der Waals surface area contributed by atoms with Crippen LogP contribution >= 0.6 is 0 Å². The zero-order valence-corrected chi connectivity index (χ0v) is 19.3. The number of benzene rings is 2. The van der Waals surface area contributed by atoms with Crippen LogP contribution in [-0.4, -0.2) is 60.4 Å². The van der Waals surface area contributed by atoms with Gasteiger partial charge in [-0.1, -0.05) is 24.3 Å². The number of sulfone groups is 1. The monoisotopic (exact) mass is 462 g/mol. The molecule has 1 saturated heterocycles. The van der Waals surface area contributed by atoms with Crippen LogP contribution < -0.4 is 4.74 Å². The van der Waals surface area contributed by atoms with E-state index in [1.807, 2.05) is 48.7 Å². The summed E-state index contributed by atoms with van der Waals surface area (Å²) in [6, 6.07) is 18.5. The summed E-state index contributed by atoms with van der Waals surface area (Å²) in [6.07, 6.45) is 5.60. The van der Waals surface area contributed by atoms with Crippen molar-refractivity contribution >= 4 is 15.5 Å². The van der Waals surface area contributed by atoms with Crippen molar-refractivity contribution in [3.63, 3.8) is 0 Å². The van der Waals surface area contributed by atoms with Gasteiger partial charge in [-0.05, 0) is 67.9 Å². The Labute approximate surface area is 193 Å². The third-order valence-electron chi connectivity index (χ3n) is 5.90. The molecule has 0 spiro atoms. The molecule has 0 unspecified atom stereocenters. The number of ether oxygens (including phenoxy) is 1. The highest BCUT2D eigenvalue weighted by Gasteiger charge is 2.15. The Hall–Kier alpha value is -3.23. The summed E-state index contributed by atoms with van der Waals surface area (Å²) in [6.45, 7) is 3.91. The fourth-order valence-corrected chi connectivity index (χ4v) is 4.84. The number of fused-ring (bicyclic) bond motifs is 1. The summed E-state index contributed by atoms with van der Waals surface area (Å²) in [5.74, 6) is 1.39. The van der Waals surface area contributed by atoms with E-state index in [0.717, 1.165) is 42.1 Å². The van der Waals surface area contributed by atoms with Crippen molar-refractivity contribution in [3.8, 4) is 28.3 Å². The molecule has 33 heavy (non-hydrogen) atoms. The summed E-state index contributed by atoms with van der Waals surface area (Å²) in [7, 11) is -3.30. The van der Waals surface area contributed by atoms with Gasteiger partial charge in [0.1, 0.15) is 12.4 Å². The van der Waals surface area contributed by atoms with E-state index in [0.29, 0.717) is 18.1 Å². The van der Waals surface area contributed by atoms with Crippen LogP contribution in [0.3, 0.4) is 0 Å². The first-order chi connectivity index (χ1) is 16.0. The van der Waals surface area contributed by atoms with Crippen molar-refractivity contribution in [1.82, 2.24) is 19.5 Å². The lowest BCUT2D eigenvalue weighted by molar-refractivity contribution is 0.238. The molecule has 2 aromatic carbocycles. The molecule has 0 N–H and O–H groups in total. The lowest BCUT2D eigenvalue weighted by Crippen LogP contribution is -2.25. The molecule has 170 valence electrons. The molecule has 0 atom stereocenters. The molecule has 7 nitrogen and oxygen atoms in total. The molecule has 2 aromatic heterocycles. The van der Waals surface area contributed by atoms with Crippen molar-refractivity contribution in [1.29, 1.82) is 0 Å². The highest BCUT2D eigenvalue weighted by Crippen LogP contribution is 2.28. The zero-order valence-electron chi connectivity index (χ0n) is 18.5. The molecule has 1 aliphatic rings. The highest BCUT2D eigenvalue weighted by molar-refractivity contribution is 7.90. The Morgan fingerprint density at radius 2 is 1.76 bits per heavy atom. The van der Waals surface area contributed by atoms with E-state index in [1.54, 1.807) is 22.7 Å². The third-order valence-corrected chi connectivity index (χ3v) is 7.01. The van der Waals surface area contributed by atoms with Crippen LogP contribution in [0.1, 0.15) is 12.8 Å². The number of hydrogen-bond donors (Lipinski definition) is 0. The normalized spacial score (nSPS) is 14.7. The van der Waals surface area contributed by atoms with Gasteiger partial charge in [-0.3, -0.25) is 4.90 Å². The second kappa shape index (κ2) is 8.96. The summed E-state index contributed by atoms with van der Waals surface area (Å²) < 4.78 is 31.7. The van der Waals surface area contributed by atoms with E-state index in [2.05, 4.69) is 10.00 Å². The van der Waals surface area contributed by atoms with Crippen molar-refractivity contribution in [2.75, 3.05) is 32.5 Å². The average molecular weight is 463 g/mol. The van der Waals surface area contributed by atoms with Crippen LogP contribution in [0, 0.1) is 0 Å². The van der Waals surface area contributed by atoms with Crippen molar-refractivity contribution in [2.45, 2.75) is 17.7 Å². The minimum absolute atomic E-state index is 0.278. The molecule has 0 radical (unpaired) electrons. The van der Waals surface area contributed by atoms with Gasteiger partial charge in [0.15, 0.2) is 21.3 Å². The van der Waals surface area contributed by atoms with E-state index < -0.39 is 9.84 Å². The predicted octanol–water partition coefficient (Wildman–Crippen LogP) is 3.94. The molecular formula is C25H26N4O3S. The number of pyridine rings is 1. The fraction of sp³-hybridized carbons (Fsp3) is 0.280. The van der Waals surface area contributed by atoms with E-state index in [-0.39, 0.29) is 4.90 Å². The number of rotatable bonds is 7. The molecule has 1 fully saturated rings. The smallest absolute Gasteiger partial charge is 0.182 e. The van der Waals surface area contributed by atoms with Gasteiger partial charge in [0.05, 0.1) is 4.90 Å². The predicted molar refractivity (Wildman–Crippen MR) is 128 cm³/mol. The zero-order chi connectivity index (χ0) is 22.8. The molecule has 4 aromatic rings. The van der Waals surface area contributed by atoms with Crippen LogP contribution in [0.2, 0.25) is 0 Å². The van der Waals surface area contributed by atoms with Gasteiger partial charge in [0, 0.05) is 30.1 Å². The maximum Gasteiger partial charge on any atom is 0.182 e. The molecular weight excluding hydrogens is 436 g/mol. The number of nitrogens with zero attached hydrogens (tertiary/aromatic N) is 4. The van der Waals surface area contributed by atoms with Crippen LogP contribution in [0.4, 0.5) is 0 Å². The fourth-order valence-electron chi connectivity index (χ4n) is 4.17. The van der Waals surface area contributed by atoms with Crippen molar-refractivity contribution in [3.05, 3.63) is 66.9 Å². The highest BCUT2D eigenvalue weighted by atomic mass is 32.2. The van der Waals surface area contributed by atoms with Gasteiger partial charge < -0.3 is 4.74 Å². The summed E-state index contributed by atoms with van der Waals surface area (Å²) in [5, 5.41) is 4.65. The molecule has 3 heterocycles. The lowest BCUT2D eigenvalue weighted by Gasteiger charge is -2.15. The summed E-state index contributed by atoms with van der Waals surface area (Å²) in [5.41, 5.74) is 3.13. The van der Waals surface area contributed by atoms with Gasteiger partial charge >= 0.3 is 0 Å². The Balaban J connectivity index is 1.43. The first-order valence-corrected chi connectivity index (χ1v) is 13.0. The molecule has 1 aliphatic heterocycles. The van der Waals surface area contributed by atoms with Crippen molar-refractivity contribution < 1.29 is 13.2 Å². The van der Waals surface area contributed by atoms with Gasteiger partial charge in [-0.25, -0.2) is 17.9 Å². The van der Waals surface area contributed by atoms with Crippen LogP contribution in [0.5, 0.6) is 5.75 Å². The topological polar surface area (TPSA) is 76.8 Å². The standard InChI is InChI=1S/C25H26N4O3S/c1-33(30,31)22-10-5-7-19(18-22)23-11-6-14-29-25(23)26-24(27-29)20-8-4-9-21(17-20)32-16-15-28-12-2-3-13-28/h4-11,14,17-18H,2-3,12-13,15-16H2,1H3.